The summed E-state index contributed by atoms with van der Waals surface area (Å²) in [5.74, 6) is 0. The molecule has 0 heterocycles. The summed E-state index contributed by atoms with van der Waals surface area (Å²) < 4.78 is 5.17. The van der Waals surface area contributed by atoms with Gasteiger partial charge in [0.15, 0.2) is 0 Å². The minimum atomic E-state index is -2.82. The Balaban J connectivity index is 2.10. The lowest BCUT2D eigenvalue weighted by molar-refractivity contribution is 0.186. The Labute approximate surface area is 110 Å². The van der Waals surface area contributed by atoms with E-state index in [-0.39, 0.29) is 5.25 Å². The maximum absolute atomic E-state index is 10.2. The van der Waals surface area contributed by atoms with Gasteiger partial charge >= 0.3 is 0 Å². The fourth-order valence-corrected chi connectivity index (χ4v) is 6.65. The van der Waals surface area contributed by atoms with Crippen LogP contribution in [0.3, 0.4) is 0 Å². The lowest BCUT2D eigenvalue weighted by atomic mass is 10.1. The topological polar surface area (TPSA) is 49.7 Å². The van der Waals surface area contributed by atoms with Crippen LogP contribution in [0, 0.1) is 0 Å². The van der Waals surface area contributed by atoms with E-state index in [9.17, 15) is 10.00 Å². The molecule has 6 heteroatoms. The Hall–Kier alpha value is 0.100. The van der Waals surface area contributed by atoms with Crippen LogP contribution in [-0.4, -0.2) is 21.9 Å². The maximum atomic E-state index is 10.2. The second-order valence-corrected chi connectivity index (χ2v) is 10.2. The number of hydrogen-bond donors (Lipinski definition) is 2. The summed E-state index contributed by atoms with van der Waals surface area (Å²) in [5.41, 5.74) is -0.748. The first-order valence-corrected chi connectivity index (χ1v) is 9.61. The minimum absolute atomic E-state index is 0.102. The number of aliphatic hydroxyl groups excluding tert-OH is 1. The van der Waals surface area contributed by atoms with Gasteiger partial charge in [-0.25, -0.2) is 0 Å². The highest BCUT2D eigenvalue weighted by molar-refractivity contribution is 8.67. The monoisotopic (exact) mass is 290 g/mol. The number of fused-ring (bicyclic) bond motifs is 1. The van der Waals surface area contributed by atoms with Gasteiger partial charge in [-0.1, -0.05) is 35.6 Å². The molecule has 17 heavy (non-hydrogen) atoms. The van der Waals surface area contributed by atoms with E-state index in [0.29, 0.717) is 6.61 Å². The summed E-state index contributed by atoms with van der Waals surface area (Å²) in [6.45, 7) is 2.20. The van der Waals surface area contributed by atoms with Gasteiger partial charge in [-0.15, -0.1) is 0 Å². The van der Waals surface area contributed by atoms with Gasteiger partial charge in [-0.05, 0) is 36.3 Å². The first-order chi connectivity index (χ1) is 8.03. The largest absolute Gasteiger partial charge is 0.387 e. The number of benzene rings is 1. The van der Waals surface area contributed by atoms with Crippen LogP contribution in [-0.2, 0) is 22.8 Å². The van der Waals surface area contributed by atoms with E-state index >= 15 is 0 Å². The number of hydrogen-bond acceptors (Lipinski definition) is 4. The smallest absolute Gasteiger partial charge is 0.245 e. The summed E-state index contributed by atoms with van der Waals surface area (Å²) in [6, 6.07) is 7.78. The van der Waals surface area contributed by atoms with Gasteiger partial charge in [0.25, 0.3) is 0 Å². The van der Waals surface area contributed by atoms with E-state index in [2.05, 4.69) is 0 Å². The SMILES string of the molecule is CCOP(O)(=S)SC1Cc2ccccc2C1O. The highest BCUT2D eigenvalue weighted by Gasteiger charge is 2.35. The fourth-order valence-electron chi connectivity index (χ4n) is 2.00. The van der Waals surface area contributed by atoms with Crippen LogP contribution in [0.4, 0.5) is 0 Å². The molecular weight excluding hydrogens is 275 g/mol. The van der Waals surface area contributed by atoms with Crippen molar-refractivity contribution in [3.63, 3.8) is 0 Å². The average molecular weight is 290 g/mol. The van der Waals surface area contributed by atoms with Crippen molar-refractivity contribution in [3.8, 4) is 0 Å². The van der Waals surface area contributed by atoms with E-state index in [1.54, 1.807) is 6.92 Å². The zero-order valence-corrected chi connectivity index (χ0v) is 12.0. The van der Waals surface area contributed by atoms with Crippen molar-refractivity contribution in [2.75, 3.05) is 6.61 Å². The van der Waals surface area contributed by atoms with Crippen LogP contribution in [0.2, 0.25) is 0 Å². The van der Waals surface area contributed by atoms with Crippen molar-refractivity contribution in [3.05, 3.63) is 35.4 Å². The van der Waals surface area contributed by atoms with E-state index in [1.807, 2.05) is 24.3 Å². The van der Waals surface area contributed by atoms with Gasteiger partial charge in [0.2, 0.25) is 5.69 Å². The lowest BCUT2D eigenvalue weighted by Crippen LogP contribution is -2.09. The first-order valence-electron chi connectivity index (χ1n) is 5.45. The van der Waals surface area contributed by atoms with Crippen LogP contribution >= 0.6 is 17.1 Å². The molecular formula is C11H15O3PS2. The summed E-state index contributed by atoms with van der Waals surface area (Å²) in [7, 11) is 0. The molecule has 0 fully saturated rings. The van der Waals surface area contributed by atoms with E-state index in [4.69, 9.17) is 16.3 Å². The maximum Gasteiger partial charge on any atom is 0.245 e. The molecule has 0 amide bonds. The molecule has 2 N–H and O–H groups in total. The molecule has 1 aromatic rings. The molecule has 0 saturated heterocycles. The van der Waals surface area contributed by atoms with Crippen molar-refractivity contribution in [1.82, 2.24) is 0 Å². The molecule has 0 aliphatic heterocycles. The standard InChI is InChI=1S/C11H15O3PS2/c1-2-14-15(13,16)17-10-7-8-5-3-4-6-9(8)11(10)12/h3-6,10-12H,2,7H2,1H3,(H,13,16). The van der Waals surface area contributed by atoms with E-state index in [1.165, 1.54) is 11.4 Å². The third kappa shape index (κ3) is 3.11. The van der Waals surface area contributed by atoms with E-state index in [0.717, 1.165) is 17.5 Å². The summed E-state index contributed by atoms with van der Waals surface area (Å²) in [6.07, 6.45) is 0.166. The highest BCUT2D eigenvalue weighted by atomic mass is 32.9. The summed E-state index contributed by atoms with van der Waals surface area (Å²) in [5, 5.41) is 10.1. The number of aliphatic hydroxyl groups is 1. The number of rotatable bonds is 4. The predicted molar refractivity (Wildman–Crippen MR) is 74.6 cm³/mol. The van der Waals surface area contributed by atoms with Crippen LogP contribution < -0.4 is 0 Å². The molecule has 3 nitrogen and oxygen atoms in total. The Bertz CT molecular complexity index is 452. The lowest BCUT2D eigenvalue weighted by Gasteiger charge is -2.20. The predicted octanol–water partition coefficient (Wildman–Crippen LogP) is 2.63. The molecule has 2 rings (SSSR count). The average Bonchev–Trinajstić information content (AvgIpc) is 2.56. The highest BCUT2D eigenvalue weighted by Crippen LogP contribution is 2.61. The molecule has 1 aliphatic carbocycles. The quantitative estimate of drug-likeness (QED) is 0.835. The fraction of sp³-hybridized carbons (Fsp3) is 0.455. The zero-order chi connectivity index (χ0) is 12.5. The van der Waals surface area contributed by atoms with Crippen LogP contribution in [0.15, 0.2) is 24.3 Å². The molecule has 3 atom stereocenters. The second-order valence-electron chi connectivity index (χ2n) is 3.88. The van der Waals surface area contributed by atoms with Crippen LogP contribution in [0.25, 0.3) is 0 Å². The van der Waals surface area contributed by atoms with Gasteiger partial charge in [-0.3, -0.25) is 0 Å². The van der Waals surface area contributed by atoms with Crippen molar-refractivity contribution < 1.29 is 14.5 Å². The van der Waals surface area contributed by atoms with Gasteiger partial charge < -0.3 is 14.5 Å². The third-order valence-electron chi connectivity index (χ3n) is 2.71. The molecule has 1 aromatic carbocycles. The molecule has 0 bridgehead atoms. The minimum Gasteiger partial charge on any atom is -0.387 e. The summed E-state index contributed by atoms with van der Waals surface area (Å²) >= 11 is 6.25. The van der Waals surface area contributed by atoms with Gasteiger partial charge in [-0.2, -0.15) is 0 Å². The van der Waals surface area contributed by atoms with E-state index < -0.39 is 11.8 Å². The molecule has 94 valence electrons. The van der Waals surface area contributed by atoms with Crippen molar-refractivity contribution >= 4 is 28.9 Å². The molecule has 0 saturated carbocycles. The molecule has 1 aliphatic rings. The van der Waals surface area contributed by atoms with Crippen molar-refractivity contribution in [1.29, 1.82) is 0 Å². The zero-order valence-electron chi connectivity index (χ0n) is 9.44. The normalized spacial score (nSPS) is 26.5. The molecule has 0 spiro atoms. The Morgan fingerprint density at radius 1 is 1.53 bits per heavy atom. The molecule has 0 aromatic heterocycles. The first kappa shape index (κ1) is 13.5. The van der Waals surface area contributed by atoms with Gasteiger partial charge in [0.05, 0.1) is 12.7 Å². The second kappa shape index (κ2) is 5.39. The van der Waals surface area contributed by atoms with Crippen molar-refractivity contribution in [2.24, 2.45) is 0 Å². The molecule has 3 unspecified atom stereocenters. The van der Waals surface area contributed by atoms with Crippen LogP contribution in [0.1, 0.15) is 24.2 Å². The van der Waals surface area contributed by atoms with Crippen molar-refractivity contribution in [2.45, 2.75) is 24.7 Å². The Morgan fingerprint density at radius 3 is 2.88 bits per heavy atom. The molecule has 0 radical (unpaired) electrons. The Kier molecular flexibility index (Phi) is 4.29. The van der Waals surface area contributed by atoms with Gasteiger partial charge in [0, 0.05) is 5.25 Å². The van der Waals surface area contributed by atoms with Crippen LogP contribution in [0.5, 0.6) is 0 Å². The Morgan fingerprint density at radius 2 is 2.24 bits per heavy atom. The van der Waals surface area contributed by atoms with Gasteiger partial charge in [0.1, 0.15) is 0 Å². The third-order valence-corrected chi connectivity index (χ3v) is 7.27. The summed E-state index contributed by atoms with van der Waals surface area (Å²) in [4.78, 5) is 9.93.